The first-order chi connectivity index (χ1) is 17.6. The Morgan fingerprint density at radius 1 is 1.11 bits per heavy atom. The van der Waals surface area contributed by atoms with Gasteiger partial charge in [-0.3, -0.25) is 9.71 Å². The molecule has 3 aromatic rings. The van der Waals surface area contributed by atoms with Crippen LogP contribution in [0.3, 0.4) is 0 Å². The van der Waals surface area contributed by atoms with Gasteiger partial charge in [0.25, 0.3) is 10.0 Å². The van der Waals surface area contributed by atoms with Crippen LogP contribution in [-0.2, 0) is 20.2 Å². The number of amides is 1. The molecule has 1 unspecified atom stereocenters. The molecule has 0 saturated carbocycles. The number of benzene rings is 1. The van der Waals surface area contributed by atoms with Crippen LogP contribution in [0.2, 0.25) is 0 Å². The second-order valence-electron chi connectivity index (χ2n) is 11.7. The van der Waals surface area contributed by atoms with Crippen molar-refractivity contribution in [2.75, 3.05) is 17.8 Å². The van der Waals surface area contributed by atoms with Gasteiger partial charge >= 0.3 is 6.09 Å². The van der Waals surface area contributed by atoms with E-state index in [2.05, 4.69) is 40.7 Å². The molecule has 0 radical (unpaired) electrons. The first-order valence-corrected chi connectivity index (χ1v) is 14.1. The highest BCUT2D eigenvalue weighted by molar-refractivity contribution is 7.92. The second-order valence-corrected chi connectivity index (χ2v) is 13.4. The predicted molar refractivity (Wildman–Crippen MR) is 145 cm³/mol. The minimum absolute atomic E-state index is 0.0905. The van der Waals surface area contributed by atoms with Crippen molar-refractivity contribution in [3.63, 3.8) is 0 Å². The van der Waals surface area contributed by atoms with Gasteiger partial charge in [0, 0.05) is 19.3 Å². The molecule has 1 aromatic carbocycles. The lowest BCUT2D eigenvalue weighted by Gasteiger charge is -2.24. The zero-order chi connectivity index (χ0) is 27.9. The van der Waals surface area contributed by atoms with Crippen molar-refractivity contribution in [1.29, 1.82) is 0 Å². The molecule has 1 saturated heterocycles. The lowest BCUT2D eigenvalue weighted by atomic mass is 9.87. The SMILES string of the molecule is Cc1cnc(-c2nncn2C2CCN(C(=O)OC(C)(C)C)C2)c(NS(=O)(=O)c2ccc(C(C)(C)C)cc2)c1. The molecule has 204 valence electrons. The first kappa shape index (κ1) is 27.6. The Bertz CT molecular complexity index is 1420. The van der Waals surface area contributed by atoms with Gasteiger partial charge < -0.3 is 14.2 Å². The Morgan fingerprint density at radius 3 is 2.42 bits per heavy atom. The monoisotopic (exact) mass is 540 g/mol. The number of hydrogen-bond acceptors (Lipinski definition) is 7. The van der Waals surface area contributed by atoms with Crippen molar-refractivity contribution in [3.05, 3.63) is 54.0 Å². The number of aryl methyl sites for hydroxylation is 1. The molecular weight excluding hydrogens is 504 g/mol. The van der Waals surface area contributed by atoms with Gasteiger partial charge in [0.1, 0.15) is 17.6 Å². The molecule has 10 nitrogen and oxygen atoms in total. The summed E-state index contributed by atoms with van der Waals surface area (Å²) in [5, 5.41) is 8.36. The van der Waals surface area contributed by atoms with Gasteiger partial charge in [0.15, 0.2) is 5.82 Å². The van der Waals surface area contributed by atoms with Crippen LogP contribution in [-0.4, -0.2) is 57.8 Å². The fourth-order valence-electron chi connectivity index (χ4n) is 4.30. The summed E-state index contributed by atoms with van der Waals surface area (Å²) in [5.41, 5.74) is 1.83. The van der Waals surface area contributed by atoms with Crippen LogP contribution < -0.4 is 4.72 Å². The number of rotatable bonds is 5. The van der Waals surface area contributed by atoms with E-state index in [1.54, 1.807) is 35.6 Å². The Labute approximate surface area is 224 Å². The van der Waals surface area contributed by atoms with Gasteiger partial charge in [-0.25, -0.2) is 13.2 Å². The maximum atomic E-state index is 13.3. The summed E-state index contributed by atoms with van der Waals surface area (Å²) >= 11 is 0. The molecule has 3 heterocycles. The summed E-state index contributed by atoms with van der Waals surface area (Å²) in [4.78, 5) is 18.9. The third-order valence-electron chi connectivity index (χ3n) is 6.29. The van der Waals surface area contributed by atoms with E-state index >= 15 is 0 Å². The lowest BCUT2D eigenvalue weighted by molar-refractivity contribution is 0.0289. The van der Waals surface area contributed by atoms with E-state index in [1.807, 2.05) is 44.4 Å². The third-order valence-corrected chi connectivity index (χ3v) is 7.67. The molecule has 2 aromatic heterocycles. The molecule has 1 N–H and O–H groups in total. The normalized spacial score (nSPS) is 16.5. The summed E-state index contributed by atoms with van der Waals surface area (Å²) in [5.74, 6) is 0.418. The number of anilines is 1. The summed E-state index contributed by atoms with van der Waals surface area (Å²) in [6, 6.07) is 8.50. The van der Waals surface area contributed by atoms with E-state index < -0.39 is 15.6 Å². The van der Waals surface area contributed by atoms with Crippen molar-refractivity contribution in [1.82, 2.24) is 24.6 Å². The largest absolute Gasteiger partial charge is 0.444 e. The number of pyridine rings is 1. The topological polar surface area (TPSA) is 119 Å². The quantitative estimate of drug-likeness (QED) is 0.487. The zero-order valence-electron chi connectivity index (χ0n) is 23.0. The molecule has 1 aliphatic heterocycles. The van der Waals surface area contributed by atoms with Crippen LogP contribution in [0.15, 0.2) is 47.8 Å². The highest BCUT2D eigenvalue weighted by Gasteiger charge is 2.32. The van der Waals surface area contributed by atoms with Crippen LogP contribution in [0.25, 0.3) is 11.5 Å². The minimum atomic E-state index is -3.89. The molecule has 1 fully saturated rings. The number of likely N-dealkylation sites (tertiary alicyclic amines) is 1. The molecule has 1 atom stereocenters. The van der Waals surface area contributed by atoms with Gasteiger partial charge in [-0.1, -0.05) is 32.9 Å². The zero-order valence-corrected chi connectivity index (χ0v) is 23.8. The van der Waals surface area contributed by atoms with Gasteiger partial charge in [-0.2, -0.15) is 0 Å². The van der Waals surface area contributed by atoms with Crippen LogP contribution >= 0.6 is 0 Å². The number of nitrogens with zero attached hydrogens (tertiary/aromatic N) is 5. The molecule has 11 heteroatoms. The molecule has 1 aliphatic rings. The number of ether oxygens (including phenoxy) is 1. The summed E-state index contributed by atoms with van der Waals surface area (Å²) in [7, 11) is -3.89. The summed E-state index contributed by atoms with van der Waals surface area (Å²) in [6.45, 7) is 14.5. The Kier molecular flexibility index (Phi) is 7.26. The number of sulfonamides is 1. The maximum Gasteiger partial charge on any atom is 0.410 e. The lowest BCUT2D eigenvalue weighted by Crippen LogP contribution is -2.35. The highest BCUT2D eigenvalue weighted by Crippen LogP contribution is 2.32. The minimum Gasteiger partial charge on any atom is -0.444 e. The standard InChI is InChI=1S/C27H36N6O4S/c1-18-14-22(31-38(35,36)21-10-8-19(9-11-21)26(2,3)4)23(28-15-18)24-30-29-17-33(24)20-12-13-32(16-20)25(34)37-27(5,6)7/h8-11,14-15,17,20,31H,12-13,16H2,1-7H3. The van der Waals surface area contributed by atoms with Crippen molar-refractivity contribution in [3.8, 4) is 11.5 Å². The van der Waals surface area contributed by atoms with Crippen LogP contribution in [0.4, 0.5) is 10.5 Å². The fraction of sp³-hybridized carbons (Fsp3) is 0.481. The summed E-state index contributed by atoms with van der Waals surface area (Å²) < 4.78 is 36.7. The number of carbonyl (C=O) groups is 1. The van der Waals surface area contributed by atoms with Gasteiger partial charge in [-0.05, 0) is 68.9 Å². The van der Waals surface area contributed by atoms with Crippen molar-refractivity contribution in [2.45, 2.75) is 76.8 Å². The van der Waals surface area contributed by atoms with Crippen LogP contribution in [0, 0.1) is 6.92 Å². The Balaban J connectivity index is 1.61. The van der Waals surface area contributed by atoms with Crippen LogP contribution in [0.1, 0.15) is 65.1 Å². The molecule has 1 amide bonds. The van der Waals surface area contributed by atoms with E-state index in [0.717, 1.165) is 11.1 Å². The van der Waals surface area contributed by atoms with Crippen LogP contribution in [0.5, 0.6) is 0 Å². The average Bonchev–Trinajstić information content (AvgIpc) is 3.47. The Hall–Kier alpha value is -3.47. The van der Waals surface area contributed by atoms with E-state index in [1.165, 1.54) is 0 Å². The van der Waals surface area contributed by atoms with Crippen molar-refractivity contribution < 1.29 is 17.9 Å². The van der Waals surface area contributed by atoms with E-state index in [9.17, 15) is 13.2 Å². The van der Waals surface area contributed by atoms with Gasteiger partial charge in [0.05, 0.1) is 16.6 Å². The molecule has 0 aliphatic carbocycles. The molecule has 0 bridgehead atoms. The highest BCUT2D eigenvalue weighted by atomic mass is 32.2. The van der Waals surface area contributed by atoms with Gasteiger partial charge in [0.2, 0.25) is 0 Å². The predicted octanol–water partition coefficient (Wildman–Crippen LogP) is 4.93. The Morgan fingerprint density at radius 2 is 1.79 bits per heavy atom. The molecule has 0 spiro atoms. The van der Waals surface area contributed by atoms with E-state index in [0.29, 0.717) is 36.7 Å². The summed E-state index contributed by atoms with van der Waals surface area (Å²) in [6.07, 6.45) is 3.56. The molecule has 38 heavy (non-hydrogen) atoms. The number of carbonyl (C=O) groups excluding carboxylic acids is 1. The van der Waals surface area contributed by atoms with Crippen molar-refractivity contribution in [2.24, 2.45) is 0 Å². The van der Waals surface area contributed by atoms with E-state index in [-0.39, 0.29) is 22.4 Å². The molecule has 4 rings (SSSR count). The second kappa shape index (κ2) is 10.0. The maximum absolute atomic E-state index is 13.3. The van der Waals surface area contributed by atoms with E-state index in [4.69, 9.17) is 4.74 Å². The number of hydrogen-bond donors (Lipinski definition) is 1. The molecular formula is C27H36N6O4S. The number of aromatic nitrogens is 4. The van der Waals surface area contributed by atoms with Gasteiger partial charge in [-0.15, -0.1) is 10.2 Å². The van der Waals surface area contributed by atoms with Crippen molar-refractivity contribution >= 4 is 21.8 Å². The average molecular weight is 541 g/mol. The number of nitrogens with one attached hydrogen (secondary N) is 1. The smallest absolute Gasteiger partial charge is 0.410 e. The third kappa shape index (κ3) is 6.15. The fourth-order valence-corrected chi connectivity index (χ4v) is 5.36. The first-order valence-electron chi connectivity index (χ1n) is 12.6.